The van der Waals surface area contributed by atoms with Gasteiger partial charge in [-0.2, -0.15) is 0 Å². The lowest BCUT2D eigenvalue weighted by Crippen LogP contribution is -2.22. The van der Waals surface area contributed by atoms with Crippen molar-refractivity contribution in [1.82, 2.24) is 19.9 Å². The summed E-state index contributed by atoms with van der Waals surface area (Å²) in [5.41, 5.74) is 5.81. The first-order valence-electron chi connectivity index (χ1n) is 11.2. The number of pyridine rings is 1. The second-order valence-electron chi connectivity index (χ2n) is 7.97. The van der Waals surface area contributed by atoms with Gasteiger partial charge < -0.3 is 5.32 Å². The Morgan fingerprint density at radius 2 is 1.50 bits per heavy atom. The molecule has 0 atom stereocenters. The van der Waals surface area contributed by atoms with Crippen LogP contribution in [-0.4, -0.2) is 20.4 Å². The van der Waals surface area contributed by atoms with Gasteiger partial charge in [0.1, 0.15) is 5.52 Å². The van der Waals surface area contributed by atoms with Gasteiger partial charge in [0.2, 0.25) is 0 Å². The second-order valence-corrected chi connectivity index (χ2v) is 8.91. The van der Waals surface area contributed by atoms with Gasteiger partial charge in [-0.05, 0) is 41.0 Å². The number of carbonyl (C=O) groups is 1. The van der Waals surface area contributed by atoms with E-state index in [2.05, 4.69) is 39.1 Å². The first-order valence-corrected chi connectivity index (χ1v) is 12.1. The van der Waals surface area contributed by atoms with E-state index in [9.17, 15) is 4.79 Å². The Morgan fingerprint density at radius 3 is 2.24 bits per heavy atom. The molecule has 34 heavy (non-hydrogen) atoms. The molecule has 2 heterocycles. The number of fused-ring (bicyclic) bond motifs is 1. The molecule has 0 fully saturated rings. The first kappa shape index (κ1) is 21.9. The molecule has 5 rings (SSSR count). The number of hydrogen-bond acceptors (Lipinski definition) is 4. The molecule has 168 valence electrons. The van der Waals surface area contributed by atoms with Crippen molar-refractivity contribution in [3.8, 4) is 0 Å². The van der Waals surface area contributed by atoms with Crippen LogP contribution in [0.25, 0.3) is 11.2 Å². The van der Waals surface area contributed by atoms with Gasteiger partial charge in [0, 0.05) is 24.1 Å². The first-order chi connectivity index (χ1) is 16.8. The van der Waals surface area contributed by atoms with Crippen molar-refractivity contribution < 1.29 is 4.79 Å². The fourth-order valence-corrected chi connectivity index (χ4v) is 4.69. The van der Waals surface area contributed by atoms with Gasteiger partial charge >= 0.3 is 0 Å². The van der Waals surface area contributed by atoms with Crippen LogP contribution in [0, 0.1) is 0 Å². The maximum Gasteiger partial charge on any atom is 0.251 e. The van der Waals surface area contributed by atoms with E-state index in [1.165, 1.54) is 5.56 Å². The smallest absolute Gasteiger partial charge is 0.251 e. The number of rotatable bonds is 8. The minimum Gasteiger partial charge on any atom is -0.348 e. The Hall–Kier alpha value is -3.90. The predicted molar refractivity (Wildman–Crippen MR) is 137 cm³/mol. The molecular formula is C28H24N4OS. The van der Waals surface area contributed by atoms with Crippen molar-refractivity contribution in [2.75, 3.05) is 0 Å². The van der Waals surface area contributed by atoms with E-state index in [1.54, 1.807) is 18.0 Å². The summed E-state index contributed by atoms with van der Waals surface area (Å²) < 4.78 is 2.15. The Balaban J connectivity index is 1.31. The van der Waals surface area contributed by atoms with Crippen LogP contribution in [0.1, 0.15) is 27.0 Å². The summed E-state index contributed by atoms with van der Waals surface area (Å²) in [7, 11) is 0. The van der Waals surface area contributed by atoms with E-state index in [0.29, 0.717) is 18.7 Å². The summed E-state index contributed by atoms with van der Waals surface area (Å²) in [5.74, 6) is 0.759. The molecule has 0 radical (unpaired) electrons. The van der Waals surface area contributed by atoms with Gasteiger partial charge in [0.05, 0.1) is 6.54 Å². The van der Waals surface area contributed by atoms with Gasteiger partial charge in [-0.3, -0.25) is 9.36 Å². The Labute approximate surface area is 202 Å². The largest absolute Gasteiger partial charge is 0.348 e. The van der Waals surface area contributed by atoms with Crippen LogP contribution in [0.4, 0.5) is 0 Å². The Kier molecular flexibility index (Phi) is 6.68. The summed E-state index contributed by atoms with van der Waals surface area (Å²) in [4.78, 5) is 22.0. The van der Waals surface area contributed by atoms with Crippen LogP contribution < -0.4 is 5.32 Å². The van der Waals surface area contributed by atoms with Crippen LogP contribution in [0.5, 0.6) is 0 Å². The number of hydrogen-bond donors (Lipinski definition) is 1. The van der Waals surface area contributed by atoms with E-state index in [4.69, 9.17) is 4.98 Å². The Bertz CT molecular complexity index is 1380. The molecule has 6 heteroatoms. The Morgan fingerprint density at radius 1 is 0.794 bits per heavy atom. The number of nitrogens with zero attached hydrogens (tertiary/aromatic N) is 3. The number of imidazole rings is 1. The molecule has 3 aromatic carbocycles. The summed E-state index contributed by atoms with van der Waals surface area (Å²) in [6.45, 7) is 1.15. The van der Waals surface area contributed by atoms with Crippen LogP contribution in [0.3, 0.4) is 0 Å². The zero-order chi connectivity index (χ0) is 23.2. The third-order valence-corrected chi connectivity index (χ3v) is 6.58. The summed E-state index contributed by atoms with van der Waals surface area (Å²) in [6.07, 6.45) is 1.80. The lowest BCUT2D eigenvalue weighted by Gasteiger charge is -2.10. The minimum atomic E-state index is -0.0794. The van der Waals surface area contributed by atoms with Gasteiger partial charge in [0.15, 0.2) is 10.8 Å². The van der Waals surface area contributed by atoms with Gasteiger partial charge in [-0.15, -0.1) is 0 Å². The number of aromatic nitrogens is 3. The number of carbonyl (C=O) groups excluding carboxylic acids is 1. The SMILES string of the molecule is O=C(NCc1ccccc1)c1ccc(Cn2c(SCc3ccccc3)nc3cccnc32)cc1. The summed E-state index contributed by atoms with van der Waals surface area (Å²) >= 11 is 1.71. The highest BCUT2D eigenvalue weighted by atomic mass is 32.2. The molecule has 0 saturated carbocycles. The third-order valence-electron chi connectivity index (χ3n) is 5.53. The molecule has 2 aromatic heterocycles. The van der Waals surface area contributed by atoms with E-state index in [0.717, 1.165) is 33.2 Å². The number of amides is 1. The number of nitrogens with one attached hydrogen (secondary N) is 1. The molecular weight excluding hydrogens is 440 g/mol. The molecule has 0 unspecified atom stereocenters. The van der Waals surface area contributed by atoms with Crippen LogP contribution in [0.15, 0.2) is 108 Å². The summed E-state index contributed by atoms with van der Waals surface area (Å²) in [5, 5.41) is 3.91. The highest BCUT2D eigenvalue weighted by molar-refractivity contribution is 7.98. The fraction of sp³-hybridized carbons (Fsp3) is 0.107. The van der Waals surface area contributed by atoms with Crippen molar-refractivity contribution in [2.45, 2.75) is 24.0 Å². The minimum absolute atomic E-state index is 0.0794. The molecule has 5 aromatic rings. The van der Waals surface area contributed by atoms with Gasteiger partial charge in [-0.1, -0.05) is 84.6 Å². The van der Waals surface area contributed by atoms with Gasteiger partial charge in [0.25, 0.3) is 5.91 Å². The molecule has 0 saturated heterocycles. The maximum absolute atomic E-state index is 12.6. The van der Waals surface area contributed by atoms with Crippen LogP contribution >= 0.6 is 11.8 Å². The van der Waals surface area contributed by atoms with Crippen molar-refractivity contribution in [1.29, 1.82) is 0 Å². The number of benzene rings is 3. The summed E-state index contributed by atoms with van der Waals surface area (Å²) in [6, 6.07) is 31.9. The average molecular weight is 465 g/mol. The topological polar surface area (TPSA) is 59.8 Å². The molecule has 0 aliphatic carbocycles. The normalized spacial score (nSPS) is 10.9. The van der Waals surface area contributed by atoms with Crippen molar-refractivity contribution in [2.24, 2.45) is 0 Å². The average Bonchev–Trinajstić information content (AvgIpc) is 3.25. The van der Waals surface area contributed by atoms with E-state index >= 15 is 0 Å². The third kappa shape index (κ3) is 5.18. The quantitative estimate of drug-likeness (QED) is 0.299. The standard InChI is InChI=1S/C28H24N4OS/c33-27(30-18-21-8-3-1-4-9-21)24-15-13-22(14-16-24)19-32-26-25(12-7-17-29-26)31-28(32)34-20-23-10-5-2-6-11-23/h1-17H,18-20H2,(H,30,33). The van der Waals surface area contributed by atoms with E-state index < -0.39 is 0 Å². The molecule has 0 aliphatic heterocycles. The van der Waals surface area contributed by atoms with E-state index in [-0.39, 0.29) is 5.91 Å². The molecule has 0 spiro atoms. The lowest BCUT2D eigenvalue weighted by molar-refractivity contribution is 0.0951. The fourth-order valence-electron chi connectivity index (χ4n) is 3.74. The molecule has 0 aliphatic rings. The van der Waals surface area contributed by atoms with Gasteiger partial charge in [-0.25, -0.2) is 9.97 Å². The van der Waals surface area contributed by atoms with E-state index in [1.807, 2.05) is 72.8 Å². The monoisotopic (exact) mass is 464 g/mol. The van der Waals surface area contributed by atoms with Crippen LogP contribution in [-0.2, 0) is 18.8 Å². The zero-order valence-corrected chi connectivity index (χ0v) is 19.4. The number of thioether (sulfide) groups is 1. The lowest BCUT2D eigenvalue weighted by atomic mass is 10.1. The highest BCUT2D eigenvalue weighted by Gasteiger charge is 2.13. The van der Waals surface area contributed by atoms with Crippen molar-refractivity contribution in [3.63, 3.8) is 0 Å². The molecule has 1 amide bonds. The maximum atomic E-state index is 12.6. The predicted octanol–water partition coefficient (Wildman–Crippen LogP) is 5.70. The zero-order valence-electron chi connectivity index (χ0n) is 18.6. The van der Waals surface area contributed by atoms with Crippen molar-refractivity contribution in [3.05, 3.63) is 126 Å². The molecule has 5 nitrogen and oxygen atoms in total. The van der Waals surface area contributed by atoms with Crippen LogP contribution in [0.2, 0.25) is 0 Å². The molecule has 1 N–H and O–H groups in total. The second kappa shape index (κ2) is 10.4. The van der Waals surface area contributed by atoms with Crippen molar-refractivity contribution >= 4 is 28.8 Å². The molecule has 0 bridgehead atoms. The highest BCUT2D eigenvalue weighted by Crippen LogP contribution is 2.27.